The standard InChI is InChI=1S/C19H13BrCl2N2O4S/c20-15-10-13(25)9-14(19(15)26)18(11-4-2-1-3-5-11)23-24-29(27,28)17-8-12(21)6-7-16(17)22/h1-10,24-26H/b23-18+. The van der Waals surface area contributed by atoms with Crippen molar-refractivity contribution in [3.05, 3.63) is 86.3 Å². The van der Waals surface area contributed by atoms with Crippen LogP contribution in [0.4, 0.5) is 0 Å². The molecule has 0 saturated heterocycles. The molecule has 0 unspecified atom stereocenters. The fraction of sp³-hybridized carbons (Fsp3) is 0. The molecule has 150 valence electrons. The van der Waals surface area contributed by atoms with Crippen molar-refractivity contribution >= 4 is 54.9 Å². The van der Waals surface area contributed by atoms with Crippen LogP contribution >= 0.6 is 39.1 Å². The largest absolute Gasteiger partial charge is 0.508 e. The molecular weight excluding hydrogens is 503 g/mol. The van der Waals surface area contributed by atoms with Gasteiger partial charge in [-0.3, -0.25) is 0 Å². The maximum Gasteiger partial charge on any atom is 0.278 e. The van der Waals surface area contributed by atoms with E-state index in [9.17, 15) is 18.6 Å². The van der Waals surface area contributed by atoms with Crippen molar-refractivity contribution in [2.24, 2.45) is 5.10 Å². The highest BCUT2D eigenvalue weighted by atomic mass is 79.9. The number of nitrogens with one attached hydrogen (secondary N) is 1. The Kier molecular flexibility index (Phi) is 6.38. The lowest BCUT2D eigenvalue weighted by Gasteiger charge is -2.12. The van der Waals surface area contributed by atoms with E-state index in [2.05, 4.69) is 25.9 Å². The Bertz CT molecular complexity index is 1200. The number of phenolic OH excluding ortho intramolecular Hbond substituents is 2. The fourth-order valence-electron chi connectivity index (χ4n) is 2.48. The summed E-state index contributed by atoms with van der Waals surface area (Å²) in [5, 5.41) is 24.5. The number of hydrogen-bond donors (Lipinski definition) is 3. The Morgan fingerprint density at radius 2 is 1.69 bits per heavy atom. The van der Waals surface area contributed by atoms with E-state index in [4.69, 9.17) is 23.2 Å². The van der Waals surface area contributed by atoms with Crippen molar-refractivity contribution < 1.29 is 18.6 Å². The fourth-order valence-corrected chi connectivity index (χ4v) is 4.50. The van der Waals surface area contributed by atoms with Gasteiger partial charge in [-0.25, -0.2) is 0 Å². The minimum absolute atomic E-state index is 0.0266. The number of benzene rings is 3. The molecule has 6 nitrogen and oxygen atoms in total. The first-order chi connectivity index (χ1) is 13.7. The summed E-state index contributed by atoms with van der Waals surface area (Å²) in [6, 6.07) is 15.2. The first kappa shape index (κ1) is 21.4. The highest BCUT2D eigenvalue weighted by molar-refractivity contribution is 9.10. The van der Waals surface area contributed by atoms with E-state index in [1.165, 1.54) is 30.3 Å². The van der Waals surface area contributed by atoms with Crippen molar-refractivity contribution in [1.29, 1.82) is 0 Å². The van der Waals surface area contributed by atoms with Crippen molar-refractivity contribution in [2.75, 3.05) is 0 Å². The van der Waals surface area contributed by atoms with Gasteiger partial charge in [0.15, 0.2) is 0 Å². The second kappa shape index (κ2) is 8.62. The third-order valence-corrected chi connectivity index (χ3v) is 6.34. The lowest BCUT2D eigenvalue weighted by Crippen LogP contribution is -2.21. The number of nitrogens with zero attached hydrogens (tertiary/aromatic N) is 1. The van der Waals surface area contributed by atoms with E-state index in [-0.39, 0.29) is 42.2 Å². The van der Waals surface area contributed by atoms with Crippen LogP contribution in [0.5, 0.6) is 11.5 Å². The molecule has 3 aromatic carbocycles. The third kappa shape index (κ3) is 4.84. The topological polar surface area (TPSA) is 99.0 Å². The Morgan fingerprint density at radius 1 is 1.00 bits per heavy atom. The number of aromatic hydroxyl groups is 2. The van der Waals surface area contributed by atoms with Gasteiger partial charge in [0, 0.05) is 16.1 Å². The minimum Gasteiger partial charge on any atom is -0.508 e. The van der Waals surface area contributed by atoms with Gasteiger partial charge in [0.1, 0.15) is 22.1 Å². The summed E-state index contributed by atoms with van der Waals surface area (Å²) in [5.41, 5.74) is 0.699. The summed E-state index contributed by atoms with van der Waals surface area (Å²) in [4.78, 5) is 1.87. The molecule has 0 amide bonds. The average molecular weight is 516 g/mol. The molecule has 0 fully saturated rings. The summed E-state index contributed by atoms with van der Waals surface area (Å²) in [6.45, 7) is 0. The molecule has 0 spiro atoms. The minimum atomic E-state index is -4.17. The first-order valence-electron chi connectivity index (χ1n) is 8.01. The molecule has 0 aromatic heterocycles. The molecule has 0 aliphatic heterocycles. The van der Waals surface area contributed by atoms with Gasteiger partial charge >= 0.3 is 0 Å². The molecule has 0 radical (unpaired) electrons. The monoisotopic (exact) mass is 514 g/mol. The summed E-state index contributed by atoms with van der Waals surface area (Å²) >= 11 is 15.0. The van der Waals surface area contributed by atoms with Crippen LogP contribution in [0.25, 0.3) is 0 Å². The molecule has 0 bridgehead atoms. The van der Waals surface area contributed by atoms with Gasteiger partial charge in [-0.1, -0.05) is 53.5 Å². The lowest BCUT2D eigenvalue weighted by molar-refractivity contribution is 0.456. The summed E-state index contributed by atoms with van der Waals surface area (Å²) in [6.07, 6.45) is 0. The zero-order valence-electron chi connectivity index (χ0n) is 14.5. The van der Waals surface area contributed by atoms with Gasteiger partial charge in [0.2, 0.25) is 0 Å². The van der Waals surface area contributed by atoms with Crippen LogP contribution in [0.15, 0.2) is 75.1 Å². The molecule has 0 heterocycles. The van der Waals surface area contributed by atoms with Crippen LogP contribution in [0.2, 0.25) is 10.0 Å². The highest BCUT2D eigenvalue weighted by Gasteiger charge is 2.20. The molecule has 3 N–H and O–H groups in total. The van der Waals surface area contributed by atoms with Crippen LogP contribution in [0, 0.1) is 0 Å². The zero-order chi connectivity index (χ0) is 21.2. The van der Waals surface area contributed by atoms with Gasteiger partial charge in [-0.05, 0) is 46.3 Å². The maximum atomic E-state index is 12.7. The summed E-state index contributed by atoms with van der Waals surface area (Å²) < 4.78 is 25.6. The summed E-state index contributed by atoms with van der Waals surface area (Å²) in [5.74, 6) is -0.362. The van der Waals surface area contributed by atoms with Gasteiger partial charge in [-0.15, -0.1) is 0 Å². The van der Waals surface area contributed by atoms with Gasteiger partial charge in [0.05, 0.1) is 9.50 Å². The second-order valence-electron chi connectivity index (χ2n) is 5.82. The number of hydrazone groups is 1. The van der Waals surface area contributed by atoms with Crippen LogP contribution in [-0.4, -0.2) is 24.3 Å². The van der Waals surface area contributed by atoms with E-state index in [0.717, 1.165) is 0 Å². The van der Waals surface area contributed by atoms with Crippen molar-refractivity contribution in [3.8, 4) is 11.5 Å². The van der Waals surface area contributed by atoms with Gasteiger partial charge in [-0.2, -0.15) is 18.4 Å². The molecule has 3 aromatic rings. The van der Waals surface area contributed by atoms with Crippen LogP contribution < -0.4 is 4.83 Å². The van der Waals surface area contributed by atoms with Crippen molar-refractivity contribution in [3.63, 3.8) is 0 Å². The molecular formula is C19H13BrCl2N2O4S. The number of rotatable bonds is 5. The molecule has 29 heavy (non-hydrogen) atoms. The average Bonchev–Trinajstić information content (AvgIpc) is 2.68. The van der Waals surface area contributed by atoms with E-state index in [1.807, 2.05) is 0 Å². The predicted molar refractivity (Wildman–Crippen MR) is 116 cm³/mol. The number of halogens is 3. The normalized spacial score (nSPS) is 12.0. The van der Waals surface area contributed by atoms with Crippen LogP contribution in [0.1, 0.15) is 11.1 Å². The zero-order valence-corrected chi connectivity index (χ0v) is 18.4. The van der Waals surface area contributed by atoms with Crippen molar-refractivity contribution in [1.82, 2.24) is 4.83 Å². The second-order valence-corrected chi connectivity index (χ2v) is 9.15. The van der Waals surface area contributed by atoms with E-state index in [0.29, 0.717) is 5.56 Å². The number of sulfonamides is 1. The molecule has 10 heteroatoms. The Hall–Kier alpha value is -2.26. The number of phenols is 2. The highest BCUT2D eigenvalue weighted by Crippen LogP contribution is 2.34. The Morgan fingerprint density at radius 3 is 2.38 bits per heavy atom. The first-order valence-corrected chi connectivity index (χ1v) is 11.0. The van der Waals surface area contributed by atoms with E-state index in [1.54, 1.807) is 30.3 Å². The molecule has 0 aliphatic carbocycles. The molecule has 0 atom stereocenters. The van der Waals surface area contributed by atoms with Crippen LogP contribution in [-0.2, 0) is 10.0 Å². The Labute approximate surface area is 185 Å². The van der Waals surface area contributed by atoms with Crippen LogP contribution in [0.3, 0.4) is 0 Å². The predicted octanol–water partition coefficient (Wildman–Crippen LogP) is 4.90. The van der Waals surface area contributed by atoms with E-state index < -0.39 is 10.0 Å². The molecule has 0 aliphatic rings. The molecule has 0 saturated carbocycles. The quantitative estimate of drug-likeness (QED) is 0.255. The Balaban J connectivity index is 2.13. The maximum absolute atomic E-state index is 12.7. The number of hydrogen-bond acceptors (Lipinski definition) is 5. The SMILES string of the molecule is O=S(=O)(N/N=C(\c1ccccc1)c1cc(O)cc(Br)c1O)c1cc(Cl)ccc1Cl. The van der Waals surface area contributed by atoms with Gasteiger partial charge in [0.25, 0.3) is 10.0 Å². The molecule has 3 rings (SSSR count). The van der Waals surface area contributed by atoms with Gasteiger partial charge < -0.3 is 10.2 Å². The summed E-state index contributed by atoms with van der Waals surface area (Å²) in [7, 11) is -4.17. The smallest absolute Gasteiger partial charge is 0.278 e. The lowest BCUT2D eigenvalue weighted by atomic mass is 10.0. The van der Waals surface area contributed by atoms with Crippen molar-refractivity contribution in [2.45, 2.75) is 4.90 Å². The van der Waals surface area contributed by atoms with E-state index >= 15 is 0 Å². The third-order valence-electron chi connectivity index (χ3n) is 3.81.